The lowest BCUT2D eigenvalue weighted by molar-refractivity contribution is -0.126. The number of aryl methyl sites for hydroxylation is 1. The second-order valence-electron chi connectivity index (χ2n) is 6.12. The third-order valence-electron chi connectivity index (χ3n) is 4.36. The molecule has 140 valence electrons. The van der Waals surface area contributed by atoms with Crippen LogP contribution in [0.2, 0.25) is 0 Å². The van der Waals surface area contributed by atoms with E-state index in [9.17, 15) is 13.2 Å². The van der Waals surface area contributed by atoms with Crippen LogP contribution < -0.4 is 10.1 Å². The van der Waals surface area contributed by atoms with Crippen LogP contribution in [-0.4, -0.2) is 59.1 Å². The minimum Gasteiger partial charge on any atom is -0.496 e. The average Bonchev–Trinajstić information content (AvgIpc) is 2.61. The topological polar surface area (TPSA) is 84.9 Å². The van der Waals surface area contributed by atoms with Crippen LogP contribution in [0.25, 0.3) is 0 Å². The molecule has 0 aromatic heterocycles. The lowest BCUT2D eigenvalue weighted by Crippen LogP contribution is -2.45. The van der Waals surface area contributed by atoms with Crippen molar-refractivity contribution in [2.24, 2.45) is 5.92 Å². The van der Waals surface area contributed by atoms with E-state index in [0.717, 1.165) is 5.56 Å². The zero-order chi connectivity index (χ0) is 18.4. The van der Waals surface area contributed by atoms with Gasteiger partial charge in [-0.3, -0.25) is 4.79 Å². The molecule has 1 amide bonds. The number of sulfonamides is 1. The van der Waals surface area contributed by atoms with Crippen molar-refractivity contribution in [3.8, 4) is 5.75 Å². The molecular formula is C17H26N2O5S. The van der Waals surface area contributed by atoms with Gasteiger partial charge in [-0.2, -0.15) is 4.31 Å². The van der Waals surface area contributed by atoms with Crippen molar-refractivity contribution < 1.29 is 22.7 Å². The quantitative estimate of drug-likeness (QED) is 0.728. The molecule has 1 aliphatic rings. The number of nitrogens with one attached hydrogen (secondary N) is 1. The van der Waals surface area contributed by atoms with E-state index in [0.29, 0.717) is 38.3 Å². The van der Waals surface area contributed by atoms with Crippen LogP contribution in [-0.2, 0) is 19.6 Å². The number of nitrogens with zero attached hydrogens (tertiary/aromatic N) is 1. The molecule has 8 heteroatoms. The first-order chi connectivity index (χ1) is 11.9. The molecule has 1 N–H and O–H groups in total. The summed E-state index contributed by atoms with van der Waals surface area (Å²) in [6, 6.07) is 4.81. The van der Waals surface area contributed by atoms with Gasteiger partial charge < -0.3 is 14.8 Å². The third kappa shape index (κ3) is 4.71. The summed E-state index contributed by atoms with van der Waals surface area (Å²) in [5.74, 6) is 0.190. The van der Waals surface area contributed by atoms with Crippen molar-refractivity contribution in [1.29, 1.82) is 0 Å². The highest BCUT2D eigenvalue weighted by Crippen LogP contribution is 2.27. The smallest absolute Gasteiger partial charge is 0.243 e. The summed E-state index contributed by atoms with van der Waals surface area (Å²) < 4.78 is 37.3. The van der Waals surface area contributed by atoms with Gasteiger partial charge in [-0.15, -0.1) is 0 Å². The Bertz CT molecular complexity index is 705. The van der Waals surface area contributed by atoms with Crippen molar-refractivity contribution >= 4 is 15.9 Å². The van der Waals surface area contributed by atoms with Gasteiger partial charge in [0.25, 0.3) is 0 Å². The first-order valence-corrected chi connectivity index (χ1v) is 9.75. The number of amides is 1. The predicted molar refractivity (Wildman–Crippen MR) is 94.1 cm³/mol. The second-order valence-corrected chi connectivity index (χ2v) is 8.06. The Balaban J connectivity index is 2.11. The van der Waals surface area contributed by atoms with Gasteiger partial charge in [0.1, 0.15) is 5.75 Å². The summed E-state index contributed by atoms with van der Waals surface area (Å²) in [5, 5.41) is 2.79. The number of carbonyl (C=O) groups excluding carboxylic acids is 1. The molecule has 25 heavy (non-hydrogen) atoms. The minimum atomic E-state index is -3.63. The first kappa shape index (κ1) is 19.7. The Hall–Kier alpha value is -1.64. The Kier molecular flexibility index (Phi) is 6.80. The Morgan fingerprint density at radius 2 is 2.12 bits per heavy atom. The fourth-order valence-electron chi connectivity index (χ4n) is 2.96. The molecule has 0 radical (unpaired) electrons. The van der Waals surface area contributed by atoms with Gasteiger partial charge in [-0.25, -0.2) is 8.42 Å². The van der Waals surface area contributed by atoms with Crippen molar-refractivity contribution in [2.75, 3.05) is 40.5 Å². The molecule has 0 bridgehead atoms. The van der Waals surface area contributed by atoms with Crippen molar-refractivity contribution in [1.82, 2.24) is 9.62 Å². The number of rotatable bonds is 7. The van der Waals surface area contributed by atoms with E-state index in [1.165, 1.54) is 4.31 Å². The number of hydrogen-bond donors (Lipinski definition) is 1. The Labute approximate surface area is 149 Å². The van der Waals surface area contributed by atoms with Crippen LogP contribution >= 0.6 is 0 Å². The van der Waals surface area contributed by atoms with E-state index < -0.39 is 10.0 Å². The summed E-state index contributed by atoms with van der Waals surface area (Å²) in [7, 11) is -0.511. The van der Waals surface area contributed by atoms with Crippen LogP contribution in [0.5, 0.6) is 5.75 Å². The maximum absolute atomic E-state index is 12.9. The van der Waals surface area contributed by atoms with Crippen molar-refractivity contribution in [3.63, 3.8) is 0 Å². The van der Waals surface area contributed by atoms with Crippen molar-refractivity contribution in [2.45, 2.75) is 24.7 Å². The van der Waals surface area contributed by atoms with E-state index >= 15 is 0 Å². The monoisotopic (exact) mass is 370 g/mol. The summed E-state index contributed by atoms with van der Waals surface area (Å²) in [6.45, 7) is 3.30. The fourth-order valence-corrected chi connectivity index (χ4v) is 4.57. The van der Waals surface area contributed by atoms with Gasteiger partial charge in [0, 0.05) is 26.7 Å². The van der Waals surface area contributed by atoms with Gasteiger partial charge >= 0.3 is 0 Å². The molecule has 1 aliphatic heterocycles. The lowest BCUT2D eigenvalue weighted by atomic mass is 9.99. The molecule has 2 rings (SSSR count). The number of methoxy groups -OCH3 is 2. The maximum Gasteiger partial charge on any atom is 0.243 e. The predicted octanol–water partition coefficient (Wildman–Crippen LogP) is 1.17. The highest BCUT2D eigenvalue weighted by molar-refractivity contribution is 7.89. The largest absolute Gasteiger partial charge is 0.496 e. The molecule has 7 nitrogen and oxygen atoms in total. The van der Waals surface area contributed by atoms with Gasteiger partial charge in [0.15, 0.2) is 0 Å². The van der Waals surface area contributed by atoms with Gasteiger partial charge in [0.05, 0.1) is 24.5 Å². The van der Waals surface area contributed by atoms with Gasteiger partial charge in [0.2, 0.25) is 15.9 Å². The molecule has 1 saturated heterocycles. The summed E-state index contributed by atoms with van der Waals surface area (Å²) in [6.07, 6.45) is 1.35. The van der Waals surface area contributed by atoms with Crippen LogP contribution in [0, 0.1) is 12.8 Å². The van der Waals surface area contributed by atoms with Gasteiger partial charge in [-0.1, -0.05) is 0 Å². The number of ether oxygens (including phenoxy) is 2. The average molecular weight is 370 g/mol. The van der Waals surface area contributed by atoms with E-state index in [4.69, 9.17) is 9.47 Å². The summed E-state index contributed by atoms with van der Waals surface area (Å²) >= 11 is 0. The van der Waals surface area contributed by atoms with E-state index in [-0.39, 0.29) is 23.3 Å². The SMILES string of the molecule is COCCNC(=O)[C@H]1CCCN(S(=O)(=O)c2ccc(OC)c(C)c2)C1. The summed E-state index contributed by atoms with van der Waals surface area (Å²) in [4.78, 5) is 12.4. The number of piperidine rings is 1. The van der Waals surface area contributed by atoms with Crippen LogP contribution in [0.4, 0.5) is 0 Å². The van der Waals surface area contributed by atoms with Crippen molar-refractivity contribution in [3.05, 3.63) is 23.8 Å². The lowest BCUT2D eigenvalue weighted by Gasteiger charge is -2.31. The van der Waals surface area contributed by atoms with E-state index in [1.807, 2.05) is 0 Å². The van der Waals surface area contributed by atoms with Crippen LogP contribution in [0.1, 0.15) is 18.4 Å². The normalized spacial score (nSPS) is 18.8. The van der Waals surface area contributed by atoms with Gasteiger partial charge in [-0.05, 0) is 43.5 Å². The minimum absolute atomic E-state index is 0.122. The molecule has 1 heterocycles. The maximum atomic E-state index is 12.9. The standard InChI is InChI=1S/C17H26N2O5S/c1-13-11-15(6-7-16(13)24-3)25(21,22)19-9-4-5-14(12-19)17(20)18-8-10-23-2/h6-7,11,14H,4-5,8-10,12H2,1-3H3,(H,18,20)/t14-/m0/s1. The zero-order valence-electron chi connectivity index (χ0n) is 14.9. The molecule has 0 unspecified atom stereocenters. The molecule has 1 atom stereocenters. The van der Waals surface area contributed by atoms with E-state index in [1.54, 1.807) is 39.3 Å². The Morgan fingerprint density at radius 1 is 1.36 bits per heavy atom. The number of hydrogen-bond acceptors (Lipinski definition) is 5. The van der Waals surface area contributed by atoms with E-state index in [2.05, 4.69) is 5.32 Å². The highest BCUT2D eigenvalue weighted by atomic mass is 32.2. The van der Waals surface area contributed by atoms with Crippen LogP contribution in [0.15, 0.2) is 23.1 Å². The second kappa shape index (κ2) is 8.64. The first-order valence-electron chi connectivity index (χ1n) is 8.31. The number of benzene rings is 1. The molecule has 0 saturated carbocycles. The molecule has 1 aromatic carbocycles. The molecule has 0 spiro atoms. The fraction of sp³-hybridized carbons (Fsp3) is 0.588. The number of carbonyl (C=O) groups is 1. The molecule has 0 aliphatic carbocycles. The molecule has 1 fully saturated rings. The zero-order valence-corrected chi connectivity index (χ0v) is 15.8. The summed E-state index contributed by atoms with van der Waals surface area (Å²) in [5.41, 5.74) is 0.759. The molecule has 1 aromatic rings. The van der Waals surface area contributed by atoms with Crippen LogP contribution in [0.3, 0.4) is 0 Å². The molecular weight excluding hydrogens is 344 g/mol. The Morgan fingerprint density at radius 3 is 2.76 bits per heavy atom. The third-order valence-corrected chi connectivity index (χ3v) is 6.23. The highest BCUT2D eigenvalue weighted by Gasteiger charge is 2.33.